The van der Waals surface area contributed by atoms with Crippen molar-refractivity contribution < 1.29 is 14.4 Å². The molecule has 0 aromatic carbocycles. The van der Waals surface area contributed by atoms with Gasteiger partial charge in [-0.1, -0.05) is 6.92 Å². The molecule has 0 saturated carbocycles. The summed E-state index contributed by atoms with van der Waals surface area (Å²) in [6.45, 7) is 7.57. The number of nitrogens with one attached hydrogen (secondary N) is 3. The van der Waals surface area contributed by atoms with Crippen LogP contribution >= 0.6 is 0 Å². The molecular formula is C15H26N4O3. The molecule has 7 heteroatoms. The lowest BCUT2D eigenvalue weighted by Gasteiger charge is -2.30. The minimum Gasteiger partial charge on any atom is -0.352 e. The quantitative estimate of drug-likeness (QED) is 0.633. The Labute approximate surface area is 131 Å². The standard InChI is InChI=1S/C15H26N4O3/c1-10-6-7-16-9-11(10)17-12(20)5-4-8-19-13(21)15(2,3)18-14(19)22/h10-11,16H,4-9H2,1-3H3,(H,17,20)(H,18,22). The van der Waals surface area contributed by atoms with Gasteiger partial charge in [0.25, 0.3) is 5.91 Å². The number of nitrogens with zero attached hydrogens (tertiary/aromatic N) is 1. The van der Waals surface area contributed by atoms with E-state index in [9.17, 15) is 14.4 Å². The number of rotatable bonds is 5. The van der Waals surface area contributed by atoms with Gasteiger partial charge in [-0.15, -0.1) is 0 Å². The molecule has 2 saturated heterocycles. The molecule has 2 atom stereocenters. The van der Waals surface area contributed by atoms with Gasteiger partial charge in [0.1, 0.15) is 5.54 Å². The molecule has 0 spiro atoms. The Bertz CT molecular complexity index is 464. The molecule has 0 aromatic heterocycles. The molecule has 124 valence electrons. The maximum Gasteiger partial charge on any atom is 0.325 e. The fourth-order valence-corrected chi connectivity index (χ4v) is 2.88. The lowest BCUT2D eigenvalue weighted by Crippen LogP contribution is -2.50. The molecule has 2 aliphatic heterocycles. The summed E-state index contributed by atoms with van der Waals surface area (Å²) >= 11 is 0. The fraction of sp³-hybridized carbons (Fsp3) is 0.800. The van der Waals surface area contributed by atoms with Crippen LogP contribution in [0.15, 0.2) is 0 Å². The van der Waals surface area contributed by atoms with Crippen LogP contribution in [0.1, 0.15) is 40.0 Å². The predicted molar refractivity (Wildman–Crippen MR) is 82.1 cm³/mol. The Hall–Kier alpha value is -1.63. The first-order valence-corrected chi connectivity index (χ1v) is 7.95. The first-order valence-electron chi connectivity index (χ1n) is 7.95. The summed E-state index contributed by atoms with van der Waals surface area (Å²) in [5.74, 6) is 0.215. The van der Waals surface area contributed by atoms with Gasteiger partial charge in [0.15, 0.2) is 0 Å². The van der Waals surface area contributed by atoms with Gasteiger partial charge in [-0.3, -0.25) is 14.5 Å². The molecule has 0 radical (unpaired) electrons. The maximum absolute atomic E-state index is 12.0. The first-order chi connectivity index (χ1) is 10.3. The second-order valence-corrected chi connectivity index (χ2v) is 6.76. The third-order valence-corrected chi connectivity index (χ3v) is 4.40. The lowest BCUT2D eigenvalue weighted by atomic mass is 9.94. The van der Waals surface area contributed by atoms with E-state index in [4.69, 9.17) is 0 Å². The van der Waals surface area contributed by atoms with E-state index in [-0.39, 0.29) is 30.4 Å². The van der Waals surface area contributed by atoms with Crippen LogP contribution in [0.5, 0.6) is 0 Å². The molecule has 2 rings (SSSR count). The zero-order valence-corrected chi connectivity index (χ0v) is 13.6. The summed E-state index contributed by atoms with van der Waals surface area (Å²) in [4.78, 5) is 36.9. The molecule has 22 heavy (non-hydrogen) atoms. The molecular weight excluding hydrogens is 284 g/mol. The van der Waals surface area contributed by atoms with Gasteiger partial charge in [0.05, 0.1) is 0 Å². The van der Waals surface area contributed by atoms with Crippen LogP contribution in [-0.2, 0) is 9.59 Å². The van der Waals surface area contributed by atoms with Gasteiger partial charge < -0.3 is 16.0 Å². The number of urea groups is 1. The molecule has 7 nitrogen and oxygen atoms in total. The zero-order chi connectivity index (χ0) is 16.3. The molecule has 2 unspecified atom stereocenters. The molecule has 4 amide bonds. The summed E-state index contributed by atoms with van der Waals surface area (Å²) in [6, 6.07) is -0.211. The fourth-order valence-electron chi connectivity index (χ4n) is 2.88. The van der Waals surface area contributed by atoms with Crippen molar-refractivity contribution in [2.24, 2.45) is 5.92 Å². The normalized spacial score (nSPS) is 27.7. The highest BCUT2D eigenvalue weighted by Crippen LogP contribution is 2.17. The van der Waals surface area contributed by atoms with E-state index in [0.29, 0.717) is 18.8 Å². The third-order valence-electron chi connectivity index (χ3n) is 4.40. The van der Waals surface area contributed by atoms with Crippen molar-refractivity contribution in [3.63, 3.8) is 0 Å². The number of carbonyl (C=O) groups excluding carboxylic acids is 3. The van der Waals surface area contributed by atoms with E-state index in [0.717, 1.165) is 19.5 Å². The van der Waals surface area contributed by atoms with E-state index in [1.807, 2.05) is 0 Å². The monoisotopic (exact) mass is 310 g/mol. The highest BCUT2D eigenvalue weighted by Gasteiger charge is 2.43. The summed E-state index contributed by atoms with van der Waals surface area (Å²) in [7, 11) is 0. The Balaban J connectivity index is 1.73. The van der Waals surface area contributed by atoms with E-state index < -0.39 is 5.54 Å². The maximum atomic E-state index is 12.0. The topological polar surface area (TPSA) is 90.5 Å². The molecule has 0 aliphatic carbocycles. The van der Waals surface area contributed by atoms with E-state index >= 15 is 0 Å². The molecule has 0 aromatic rings. The van der Waals surface area contributed by atoms with Gasteiger partial charge in [0, 0.05) is 25.6 Å². The molecule has 2 aliphatic rings. The van der Waals surface area contributed by atoms with Crippen molar-refractivity contribution >= 4 is 17.8 Å². The van der Waals surface area contributed by atoms with Crippen molar-refractivity contribution in [2.45, 2.75) is 51.6 Å². The van der Waals surface area contributed by atoms with Gasteiger partial charge in [-0.2, -0.15) is 0 Å². The van der Waals surface area contributed by atoms with Crippen molar-refractivity contribution in [2.75, 3.05) is 19.6 Å². The Morgan fingerprint density at radius 2 is 2.14 bits per heavy atom. The minimum atomic E-state index is -0.845. The van der Waals surface area contributed by atoms with Gasteiger partial charge in [0.2, 0.25) is 5.91 Å². The third kappa shape index (κ3) is 3.76. The lowest BCUT2D eigenvalue weighted by molar-refractivity contribution is -0.130. The predicted octanol–water partition coefficient (Wildman–Crippen LogP) is 0.211. The van der Waals surface area contributed by atoms with Crippen molar-refractivity contribution in [1.29, 1.82) is 0 Å². The van der Waals surface area contributed by atoms with Crippen LogP contribution < -0.4 is 16.0 Å². The Kier molecular flexibility index (Phi) is 5.05. The Morgan fingerprint density at radius 3 is 2.73 bits per heavy atom. The number of hydrogen-bond acceptors (Lipinski definition) is 4. The van der Waals surface area contributed by atoms with Crippen LogP contribution in [-0.4, -0.2) is 54.0 Å². The van der Waals surface area contributed by atoms with Gasteiger partial charge >= 0.3 is 6.03 Å². The number of amides is 4. The highest BCUT2D eigenvalue weighted by molar-refractivity contribution is 6.06. The van der Waals surface area contributed by atoms with Crippen molar-refractivity contribution in [3.05, 3.63) is 0 Å². The van der Waals surface area contributed by atoms with Crippen LogP contribution in [0, 0.1) is 5.92 Å². The average Bonchev–Trinajstić information content (AvgIpc) is 2.63. The number of carbonyl (C=O) groups is 3. The number of imide groups is 1. The summed E-state index contributed by atoms with van der Waals surface area (Å²) in [5, 5.41) is 8.93. The summed E-state index contributed by atoms with van der Waals surface area (Å²) in [5.41, 5.74) is -0.845. The molecule has 3 N–H and O–H groups in total. The Morgan fingerprint density at radius 1 is 1.41 bits per heavy atom. The first kappa shape index (κ1) is 16.7. The summed E-state index contributed by atoms with van der Waals surface area (Å²) < 4.78 is 0. The van der Waals surface area contributed by atoms with Gasteiger partial charge in [-0.05, 0) is 39.2 Å². The van der Waals surface area contributed by atoms with Crippen LogP contribution in [0.3, 0.4) is 0 Å². The van der Waals surface area contributed by atoms with E-state index in [2.05, 4.69) is 22.9 Å². The number of hydrogen-bond donors (Lipinski definition) is 3. The van der Waals surface area contributed by atoms with Crippen molar-refractivity contribution in [1.82, 2.24) is 20.9 Å². The SMILES string of the molecule is CC1CCNCC1NC(=O)CCCN1C(=O)NC(C)(C)C1=O. The molecule has 2 heterocycles. The minimum absolute atomic E-state index is 0.0214. The second kappa shape index (κ2) is 6.64. The largest absolute Gasteiger partial charge is 0.352 e. The number of piperidine rings is 1. The van der Waals surface area contributed by atoms with Gasteiger partial charge in [-0.25, -0.2) is 4.79 Å². The highest BCUT2D eigenvalue weighted by atomic mass is 16.2. The van der Waals surface area contributed by atoms with E-state index in [1.165, 1.54) is 4.90 Å². The zero-order valence-electron chi connectivity index (χ0n) is 13.6. The molecule has 0 bridgehead atoms. The summed E-state index contributed by atoms with van der Waals surface area (Å²) in [6.07, 6.45) is 1.86. The smallest absolute Gasteiger partial charge is 0.325 e. The van der Waals surface area contributed by atoms with Crippen LogP contribution in [0.4, 0.5) is 4.79 Å². The van der Waals surface area contributed by atoms with E-state index in [1.54, 1.807) is 13.8 Å². The average molecular weight is 310 g/mol. The van der Waals surface area contributed by atoms with Crippen LogP contribution in [0.2, 0.25) is 0 Å². The second-order valence-electron chi connectivity index (χ2n) is 6.76. The molecule has 2 fully saturated rings. The van der Waals surface area contributed by atoms with Crippen molar-refractivity contribution in [3.8, 4) is 0 Å². The van der Waals surface area contributed by atoms with Crippen LogP contribution in [0.25, 0.3) is 0 Å².